The lowest BCUT2D eigenvalue weighted by Crippen LogP contribution is -2.48. The van der Waals surface area contributed by atoms with Crippen LogP contribution in [0.15, 0.2) is 24.3 Å². The number of rotatable bonds is 5. The van der Waals surface area contributed by atoms with Crippen LogP contribution >= 0.6 is 0 Å². The van der Waals surface area contributed by atoms with E-state index >= 15 is 0 Å². The van der Waals surface area contributed by atoms with Gasteiger partial charge in [0, 0.05) is 5.69 Å². The molecule has 0 fully saturated rings. The highest BCUT2D eigenvalue weighted by Crippen LogP contribution is 2.08. The van der Waals surface area contributed by atoms with E-state index in [1.807, 2.05) is 6.07 Å². The molecule has 0 aliphatic heterocycles. The summed E-state index contributed by atoms with van der Waals surface area (Å²) >= 11 is 0. The van der Waals surface area contributed by atoms with Crippen molar-refractivity contribution >= 4 is 11.6 Å². The third kappa shape index (κ3) is 4.44. The van der Waals surface area contributed by atoms with Crippen LogP contribution in [-0.2, 0) is 4.79 Å². The first-order valence-corrected chi connectivity index (χ1v) is 5.63. The molecular formula is C13H17N3O2. The standard InChI is InChI=1S/C13H17N3O2/c1-13(2,9-17)16-12(18)8-15-11-5-3-10(7-14)4-6-11/h3-6,15,17H,8-9H2,1-2H3,(H,16,18). The normalized spacial score (nSPS) is 10.6. The molecule has 0 bridgehead atoms. The first-order chi connectivity index (χ1) is 8.46. The SMILES string of the molecule is CC(C)(CO)NC(=O)CNc1ccc(C#N)cc1. The molecule has 96 valence electrons. The van der Waals surface area contributed by atoms with Gasteiger partial charge in [0.1, 0.15) is 0 Å². The maximum absolute atomic E-state index is 11.6. The number of nitriles is 1. The Morgan fingerprint density at radius 1 is 1.39 bits per heavy atom. The largest absolute Gasteiger partial charge is 0.394 e. The Hall–Kier alpha value is -2.06. The van der Waals surface area contributed by atoms with Gasteiger partial charge >= 0.3 is 0 Å². The number of carbonyl (C=O) groups excluding carboxylic acids is 1. The predicted octanol–water partition coefficient (Wildman–Crippen LogP) is 0.857. The van der Waals surface area contributed by atoms with E-state index in [0.717, 1.165) is 5.69 Å². The molecule has 0 saturated heterocycles. The molecule has 5 heteroatoms. The first-order valence-electron chi connectivity index (χ1n) is 5.63. The topological polar surface area (TPSA) is 85.2 Å². The number of hydrogen-bond donors (Lipinski definition) is 3. The molecule has 3 N–H and O–H groups in total. The molecule has 1 aromatic rings. The van der Waals surface area contributed by atoms with Crippen LogP contribution < -0.4 is 10.6 Å². The van der Waals surface area contributed by atoms with Crippen LogP contribution in [0.3, 0.4) is 0 Å². The van der Waals surface area contributed by atoms with E-state index in [1.54, 1.807) is 38.1 Å². The lowest BCUT2D eigenvalue weighted by molar-refractivity contribution is -0.121. The van der Waals surface area contributed by atoms with E-state index in [-0.39, 0.29) is 19.1 Å². The molecule has 0 spiro atoms. The number of aliphatic hydroxyl groups is 1. The zero-order chi connectivity index (χ0) is 13.6. The van der Waals surface area contributed by atoms with E-state index in [1.165, 1.54) is 0 Å². The number of nitrogens with zero attached hydrogens (tertiary/aromatic N) is 1. The maximum atomic E-state index is 11.6. The van der Waals surface area contributed by atoms with Gasteiger partial charge in [-0.2, -0.15) is 5.26 Å². The molecule has 0 aliphatic carbocycles. The number of nitrogens with one attached hydrogen (secondary N) is 2. The highest BCUT2D eigenvalue weighted by atomic mass is 16.3. The van der Waals surface area contributed by atoms with E-state index in [2.05, 4.69) is 10.6 Å². The number of carbonyl (C=O) groups is 1. The summed E-state index contributed by atoms with van der Waals surface area (Å²) in [4.78, 5) is 11.6. The molecule has 1 rings (SSSR count). The molecule has 0 aliphatic rings. The fraction of sp³-hybridized carbons (Fsp3) is 0.385. The molecule has 1 amide bonds. The highest BCUT2D eigenvalue weighted by Gasteiger charge is 2.18. The summed E-state index contributed by atoms with van der Waals surface area (Å²) in [5.41, 5.74) is 0.723. The zero-order valence-corrected chi connectivity index (χ0v) is 10.5. The highest BCUT2D eigenvalue weighted by molar-refractivity contribution is 5.81. The molecule has 0 aromatic heterocycles. The predicted molar refractivity (Wildman–Crippen MR) is 69.0 cm³/mol. The summed E-state index contributed by atoms with van der Waals surface area (Å²) in [6.45, 7) is 3.49. The van der Waals surface area contributed by atoms with Crippen LogP contribution in [0.4, 0.5) is 5.69 Å². The van der Waals surface area contributed by atoms with Gasteiger partial charge in [-0.25, -0.2) is 0 Å². The third-order valence-electron chi connectivity index (χ3n) is 2.34. The van der Waals surface area contributed by atoms with Crippen LogP contribution in [0.25, 0.3) is 0 Å². The minimum atomic E-state index is -0.622. The molecule has 0 heterocycles. The van der Waals surface area contributed by atoms with E-state index < -0.39 is 5.54 Å². The number of hydrogen-bond acceptors (Lipinski definition) is 4. The van der Waals surface area contributed by atoms with Gasteiger partial charge in [-0.15, -0.1) is 0 Å². The fourth-order valence-electron chi connectivity index (χ4n) is 1.31. The smallest absolute Gasteiger partial charge is 0.239 e. The van der Waals surface area contributed by atoms with Gasteiger partial charge in [-0.1, -0.05) is 0 Å². The van der Waals surface area contributed by atoms with Crippen molar-refractivity contribution in [3.05, 3.63) is 29.8 Å². The third-order valence-corrected chi connectivity index (χ3v) is 2.34. The van der Waals surface area contributed by atoms with Crippen molar-refractivity contribution < 1.29 is 9.90 Å². The number of aliphatic hydroxyl groups excluding tert-OH is 1. The summed E-state index contributed by atoms with van der Waals surface area (Å²) in [6, 6.07) is 8.86. The lowest BCUT2D eigenvalue weighted by atomic mass is 10.1. The Balaban J connectivity index is 2.45. The van der Waals surface area contributed by atoms with Gasteiger partial charge in [-0.3, -0.25) is 4.79 Å². The summed E-state index contributed by atoms with van der Waals surface area (Å²) in [6.07, 6.45) is 0. The Morgan fingerprint density at radius 3 is 2.50 bits per heavy atom. The minimum Gasteiger partial charge on any atom is -0.394 e. The van der Waals surface area contributed by atoms with E-state index in [9.17, 15) is 4.79 Å². The van der Waals surface area contributed by atoms with Gasteiger partial charge in [-0.05, 0) is 38.1 Å². The van der Waals surface area contributed by atoms with E-state index in [4.69, 9.17) is 10.4 Å². The van der Waals surface area contributed by atoms with Gasteiger partial charge in [0.25, 0.3) is 0 Å². The molecule has 0 atom stereocenters. The summed E-state index contributed by atoms with van der Waals surface area (Å²) in [7, 11) is 0. The van der Waals surface area contributed by atoms with Gasteiger partial charge in [0.15, 0.2) is 0 Å². The van der Waals surface area contributed by atoms with Gasteiger partial charge in [0.2, 0.25) is 5.91 Å². The molecule has 0 saturated carbocycles. The molecule has 18 heavy (non-hydrogen) atoms. The average molecular weight is 247 g/mol. The summed E-state index contributed by atoms with van der Waals surface area (Å²) in [5, 5.41) is 23.3. The van der Waals surface area contributed by atoms with Crippen molar-refractivity contribution in [2.24, 2.45) is 0 Å². The van der Waals surface area contributed by atoms with Crippen molar-refractivity contribution in [1.82, 2.24) is 5.32 Å². The molecular weight excluding hydrogens is 230 g/mol. The van der Waals surface area contributed by atoms with E-state index in [0.29, 0.717) is 5.56 Å². The second kappa shape index (κ2) is 6.03. The molecule has 5 nitrogen and oxygen atoms in total. The first kappa shape index (κ1) is 14.0. The quantitative estimate of drug-likeness (QED) is 0.720. The number of anilines is 1. The fourth-order valence-corrected chi connectivity index (χ4v) is 1.31. The van der Waals surface area contributed by atoms with Crippen molar-refractivity contribution in [1.29, 1.82) is 5.26 Å². The van der Waals surface area contributed by atoms with Crippen LogP contribution in [0, 0.1) is 11.3 Å². The van der Waals surface area contributed by atoms with Crippen LogP contribution in [0.2, 0.25) is 0 Å². The summed E-state index contributed by atoms with van der Waals surface area (Å²) < 4.78 is 0. The van der Waals surface area contributed by atoms with Gasteiger partial charge < -0.3 is 15.7 Å². The molecule has 0 radical (unpaired) electrons. The minimum absolute atomic E-state index is 0.115. The van der Waals surface area contributed by atoms with Crippen molar-refractivity contribution in [3.8, 4) is 6.07 Å². The lowest BCUT2D eigenvalue weighted by Gasteiger charge is -2.23. The van der Waals surface area contributed by atoms with Crippen LogP contribution in [-0.4, -0.2) is 29.7 Å². The monoisotopic (exact) mass is 247 g/mol. The second-order valence-corrected chi connectivity index (χ2v) is 4.63. The Morgan fingerprint density at radius 2 is 2.00 bits per heavy atom. The van der Waals surface area contributed by atoms with Crippen LogP contribution in [0.1, 0.15) is 19.4 Å². The zero-order valence-electron chi connectivity index (χ0n) is 10.5. The summed E-state index contributed by atoms with van der Waals surface area (Å²) in [5.74, 6) is -0.196. The van der Waals surface area contributed by atoms with Crippen molar-refractivity contribution in [3.63, 3.8) is 0 Å². The molecule has 0 unspecified atom stereocenters. The second-order valence-electron chi connectivity index (χ2n) is 4.63. The van der Waals surface area contributed by atoms with Crippen molar-refractivity contribution in [2.45, 2.75) is 19.4 Å². The van der Waals surface area contributed by atoms with Gasteiger partial charge in [0.05, 0.1) is 30.3 Å². The number of amides is 1. The number of benzene rings is 1. The Kier molecular flexibility index (Phi) is 4.69. The van der Waals surface area contributed by atoms with Crippen LogP contribution in [0.5, 0.6) is 0 Å². The maximum Gasteiger partial charge on any atom is 0.239 e. The average Bonchev–Trinajstić information content (AvgIpc) is 2.36. The Bertz CT molecular complexity index is 446. The molecule has 1 aromatic carbocycles. The van der Waals surface area contributed by atoms with Crippen molar-refractivity contribution in [2.75, 3.05) is 18.5 Å². The Labute approximate surface area is 106 Å².